The zero-order valence-corrected chi connectivity index (χ0v) is 22.3. The lowest BCUT2D eigenvalue weighted by atomic mass is 9.89. The van der Waals surface area contributed by atoms with E-state index >= 15 is 0 Å². The predicted octanol–water partition coefficient (Wildman–Crippen LogP) is 3.68. The molecule has 0 bridgehead atoms. The lowest BCUT2D eigenvalue weighted by Gasteiger charge is -2.19. The molecule has 0 aromatic carbocycles. The van der Waals surface area contributed by atoms with E-state index < -0.39 is 6.10 Å². The second kappa shape index (κ2) is 17.7. The van der Waals surface area contributed by atoms with Gasteiger partial charge in [-0.15, -0.1) is 11.8 Å². The Morgan fingerprint density at radius 1 is 1.14 bits per heavy atom. The maximum absolute atomic E-state index is 11.9. The number of carbonyl (C=O) groups excluding carboxylic acids is 1. The summed E-state index contributed by atoms with van der Waals surface area (Å²) >= 11 is 0. The summed E-state index contributed by atoms with van der Waals surface area (Å²) in [4.78, 5) is 11.9. The highest BCUT2D eigenvalue weighted by molar-refractivity contribution is 5.69. The Morgan fingerprint density at radius 3 is 2.58 bits per heavy atom. The van der Waals surface area contributed by atoms with Gasteiger partial charge in [0.15, 0.2) is 0 Å². The van der Waals surface area contributed by atoms with Gasteiger partial charge in [0, 0.05) is 25.9 Å². The fourth-order valence-corrected chi connectivity index (χ4v) is 5.06. The molecule has 6 atom stereocenters. The van der Waals surface area contributed by atoms with E-state index in [9.17, 15) is 15.0 Å². The molecule has 0 aromatic rings. The molecular formula is C29H46O7. The highest BCUT2D eigenvalue weighted by Crippen LogP contribution is 2.50. The van der Waals surface area contributed by atoms with Crippen LogP contribution in [0.5, 0.6) is 0 Å². The van der Waals surface area contributed by atoms with Crippen LogP contribution in [-0.2, 0) is 23.7 Å². The van der Waals surface area contributed by atoms with Crippen LogP contribution in [0.3, 0.4) is 0 Å². The first-order valence-electron chi connectivity index (χ1n) is 13.4. The number of methoxy groups -OCH3 is 1. The predicted molar refractivity (Wildman–Crippen MR) is 139 cm³/mol. The first kappa shape index (κ1) is 30.5. The maximum Gasteiger partial charge on any atom is 0.305 e. The Kier molecular flexibility index (Phi) is 15.0. The van der Waals surface area contributed by atoms with Crippen LogP contribution in [0, 0.1) is 35.5 Å². The van der Waals surface area contributed by atoms with Crippen molar-refractivity contribution in [2.24, 2.45) is 23.7 Å². The van der Waals surface area contributed by atoms with E-state index in [-0.39, 0.29) is 30.5 Å². The largest absolute Gasteiger partial charge is 0.463 e. The number of unbranched alkanes of at least 4 members (excludes halogenated alkanes) is 1. The van der Waals surface area contributed by atoms with Gasteiger partial charge in [-0.1, -0.05) is 30.7 Å². The highest BCUT2D eigenvalue weighted by Gasteiger charge is 2.44. The molecule has 7 nitrogen and oxygen atoms in total. The van der Waals surface area contributed by atoms with Crippen molar-refractivity contribution in [3.05, 3.63) is 23.8 Å². The zero-order chi connectivity index (χ0) is 26.2. The third kappa shape index (κ3) is 11.1. The fraction of sp³-hybridized carbons (Fsp3) is 0.759. The average Bonchev–Trinajstić information content (AvgIpc) is 3.38. The van der Waals surface area contributed by atoms with Crippen molar-refractivity contribution in [2.75, 3.05) is 46.8 Å². The smallest absolute Gasteiger partial charge is 0.305 e. The summed E-state index contributed by atoms with van der Waals surface area (Å²) in [5.74, 6) is 6.79. The molecule has 0 aliphatic heterocycles. The minimum atomic E-state index is -0.542. The maximum atomic E-state index is 11.9. The molecule has 0 aromatic heterocycles. The lowest BCUT2D eigenvalue weighted by Crippen LogP contribution is -2.19. The zero-order valence-electron chi connectivity index (χ0n) is 22.3. The minimum absolute atomic E-state index is 0.0760. The Hall–Kier alpha value is -1.69. The number of aliphatic hydroxyl groups is 2. The molecule has 2 aliphatic carbocycles. The molecule has 7 heteroatoms. The van der Waals surface area contributed by atoms with E-state index in [1.165, 1.54) is 5.57 Å². The number of rotatable bonds is 17. The van der Waals surface area contributed by atoms with Crippen LogP contribution in [0.25, 0.3) is 0 Å². The Bertz CT molecular complexity index is 750. The summed E-state index contributed by atoms with van der Waals surface area (Å²) < 4.78 is 20.8. The molecule has 204 valence electrons. The van der Waals surface area contributed by atoms with Crippen LogP contribution in [0.4, 0.5) is 0 Å². The van der Waals surface area contributed by atoms with Gasteiger partial charge in [0.05, 0.1) is 45.2 Å². The average molecular weight is 507 g/mol. The Balaban J connectivity index is 1.61. The third-order valence-corrected chi connectivity index (χ3v) is 7.14. The molecule has 0 heterocycles. The number of fused-ring (bicyclic) bond motifs is 1. The third-order valence-electron chi connectivity index (χ3n) is 7.14. The molecule has 2 rings (SSSR count). The van der Waals surface area contributed by atoms with E-state index in [0.717, 1.165) is 32.1 Å². The van der Waals surface area contributed by atoms with Crippen molar-refractivity contribution in [3.8, 4) is 11.8 Å². The van der Waals surface area contributed by atoms with E-state index in [4.69, 9.17) is 18.9 Å². The summed E-state index contributed by atoms with van der Waals surface area (Å²) in [6.07, 6.45) is 10.8. The normalized spacial score (nSPS) is 26.1. The van der Waals surface area contributed by atoms with Crippen LogP contribution < -0.4 is 0 Å². The van der Waals surface area contributed by atoms with Crippen LogP contribution in [0.1, 0.15) is 58.8 Å². The molecule has 1 unspecified atom stereocenters. The van der Waals surface area contributed by atoms with Crippen molar-refractivity contribution in [3.63, 3.8) is 0 Å². The SMILES string of the molecule is CC#CCC(C)[C@H](O)C=C[C@@H]1[C@H]2CC(=CCCCC(=O)OCCOCCOCCOC)C[C@H]2C[C@H]1O. The lowest BCUT2D eigenvalue weighted by molar-refractivity contribution is -0.145. The number of aliphatic hydroxyl groups excluding tert-OH is 2. The Morgan fingerprint density at radius 2 is 1.86 bits per heavy atom. The second-order valence-electron chi connectivity index (χ2n) is 9.89. The Labute approximate surface area is 217 Å². The van der Waals surface area contributed by atoms with Crippen molar-refractivity contribution in [1.29, 1.82) is 0 Å². The summed E-state index contributed by atoms with van der Waals surface area (Å²) in [7, 11) is 1.63. The number of ether oxygens (including phenoxy) is 4. The summed E-state index contributed by atoms with van der Waals surface area (Å²) in [5, 5.41) is 21.0. The van der Waals surface area contributed by atoms with Gasteiger partial charge < -0.3 is 29.2 Å². The first-order valence-corrected chi connectivity index (χ1v) is 13.4. The molecule has 0 radical (unpaired) electrons. The number of allylic oxidation sites excluding steroid dienone is 2. The van der Waals surface area contributed by atoms with Crippen LogP contribution in [0.15, 0.2) is 23.8 Å². The van der Waals surface area contributed by atoms with Crippen molar-refractivity contribution < 1.29 is 34.0 Å². The fourth-order valence-electron chi connectivity index (χ4n) is 5.06. The highest BCUT2D eigenvalue weighted by atomic mass is 16.6. The molecule has 2 saturated carbocycles. The van der Waals surface area contributed by atoms with E-state index in [1.807, 2.05) is 26.0 Å². The second-order valence-corrected chi connectivity index (χ2v) is 9.89. The summed E-state index contributed by atoms with van der Waals surface area (Å²) in [6, 6.07) is 0. The van der Waals surface area contributed by atoms with Gasteiger partial charge in [0.25, 0.3) is 0 Å². The first-order chi connectivity index (χ1) is 17.5. The van der Waals surface area contributed by atoms with Gasteiger partial charge in [0.2, 0.25) is 0 Å². The van der Waals surface area contributed by atoms with Gasteiger partial charge in [0.1, 0.15) is 6.61 Å². The molecule has 0 amide bonds. The quantitative estimate of drug-likeness (QED) is 0.135. The van der Waals surface area contributed by atoms with Crippen molar-refractivity contribution >= 4 is 5.97 Å². The van der Waals surface area contributed by atoms with Crippen LogP contribution in [-0.4, -0.2) is 75.1 Å². The van der Waals surface area contributed by atoms with Gasteiger partial charge in [-0.25, -0.2) is 0 Å². The number of hydrogen-bond donors (Lipinski definition) is 2. The molecule has 0 spiro atoms. The number of esters is 1. The molecule has 36 heavy (non-hydrogen) atoms. The topological polar surface area (TPSA) is 94.5 Å². The summed E-state index contributed by atoms with van der Waals surface area (Å²) in [5.41, 5.74) is 1.43. The monoisotopic (exact) mass is 506 g/mol. The van der Waals surface area contributed by atoms with Gasteiger partial charge >= 0.3 is 5.97 Å². The van der Waals surface area contributed by atoms with Crippen molar-refractivity contribution in [1.82, 2.24) is 0 Å². The number of hydrogen-bond acceptors (Lipinski definition) is 7. The van der Waals surface area contributed by atoms with Gasteiger partial charge in [-0.3, -0.25) is 4.79 Å². The van der Waals surface area contributed by atoms with Gasteiger partial charge in [-0.05, 0) is 56.8 Å². The molecule has 2 fully saturated rings. The van der Waals surface area contributed by atoms with E-state index in [0.29, 0.717) is 57.7 Å². The molecule has 2 N–H and O–H groups in total. The van der Waals surface area contributed by atoms with E-state index in [1.54, 1.807) is 7.11 Å². The molecule has 2 aliphatic rings. The van der Waals surface area contributed by atoms with Crippen LogP contribution >= 0.6 is 0 Å². The summed E-state index contributed by atoms with van der Waals surface area (Å²) in [6.45, 7) is 6.52. The number of carbonyl (C=O) groups is 1. The van der Waals surface area contributed by atoms with Gasteiger partial charge in [-0.2, -0.15) is 0 Å². The van der Waals surface area contributed by atoms with Crippen LogP contribution in [0.2, 0.25) is 0 Å². The standard InChI is InChI=1S/C29H46O7/c1-4-5-8-22(2)27(30)12-11-25-26-20-23(19-24(26)21-28(25)31)9-6-7-10-29(32)36-18-17-35-16-15-34-14-13-33-3/h9,11-12,22,24-28,30-31H,6-8,10,13-21H2,1-3H3/t22?,24-,25+,26-,27+,28+/m0/s1. The van der Waals surface area contributed by atoms with Crippen molar-refractivity contribution in [2.45, 2.75) is 71.0 Å². The van der Waals surface area contributed by atoms with E-state index in [2.05, 4.69) is 17.9 Å². The molecule has 0 saturated heterocycles. The minimum Gasteiger partial charge on any atom is -0.463 e. The molecular weight excluding hydrogens is 460 g/mol.